The van der Waals surface area contributed by atoms with Crippen molar-refractivity contribution < 1.29 is 45.8 Å². The van der Waals surface area contributed by atoms with Crippen molar-refractivity contribution in [2.24, 2.45) is 0 Å². The summed E-state index contributed by atoms with van der Waals surface area (Å²) in [4.78, 5) is 5.62. The van der Waals surface area contributed by atoms with Crippen molar-refractivity contribution in [3.63, 3.8) is 0 Å². The molecule has 144 valence electrons. The molecule has 9 rings (SSSR count). The van der Waals surface area contributed by atoms with Crippen molar-refractivity contribution in [3.8, 4) is 23.0 Å². The molecule has 0 aromatic heterocycles. The fourth-order valence-electron chi connectivity index (χ4n) is 3.99. The lowest BCUT2D eigenvalue weighted by Gasteiger charge is -2.62. The first-order chi connectivity index (χ1) is 12.8. The van der Waals surface area contributed by atoms with Crippen LogP contribution in [0, 0.1) is 0 Å². The Morgan fingerprint density at radius 3 is 2.22 bits per heavy atom. The predicted octanol–water partition coefficient (Wildman–Crippen LogP) is 4.51. The Morgan fingerprint density at radius 1 is 0.815 bits per heavy atom. The van der Waals surface area contributed by atoms with Crippen LogP contribution in [0.1, 0.15) is 38.8 Å². The molecule has 1 aromatic rings. The van der Waals surface area contributed by atoms with Gasteiger partial charge in [-0.2, -0.15) is 0 Å². The van der Waals surface area contributed by atoms with Crippen LogP contribution in [0.5, 0.6) is 23.0 Å². The second-order valence-electron chi connectivity index (χ2n) is 7.99. The first-order valence-corrected chi connectivity index (χ1v) is 11.5. The minimum atomic E-state index is -1.71. The monoisotopic (exact) mass is 434 g/mol. The molecule has 1 aromatic carbocycles. The quantitative estimate of drug-likeness (QED) is 0.429. The Labute approximate surface area is 157 Å². The van der Waals surface area contributed by atoms with Gasteiger partial charge in [0.05, 0.1) is 5.56 Å². The van der Waals surface area contributed by atoms with E-state index in [1.165, 1.54) is 0 Å². The molecule has 7 bridgehead atoms. The van der Waals surface area contributed by atoms with Crippen LogP contribution < -0.4 is 18.5 Å². The fourth-order valence-corrected chi connectivity index (χ4v) is 7.54. The second kappa shape index (κ2) is 4.62. The van der Waals surface area contributed by atoms with Crippen LogP contribution in [-0.2, 0) is 38.1 Å². The zero-order valence-corrected chi connectivity index (χ0v) is 17.2. The third kappa shape index (κ3) is 1.71. The molecule has 0 N–H and O–H groups in total. The molecule has 13 heteroatoms. The van der Waals surface area contributed by atoms with Crippen molar-refractivity contribution in [2.45, 2.75) is 50.8 Å². The van der Waals surface area contributed by atoms with Crippen molar-refractivity contribution in [1.29, 1.82) is 0 Å². The Morgan fingerprint density at radius 2 is 1.48 bits per heavy atom. The molecule has 2 atom stereocenters. The molecule has 1 spiro atoms. The molecule has 0 aliphatic carbocycles. The van der Waals surface area contributed by atoms with Gasteiger partial charge in [-0.05, 0) is 12.3 Å². The molecule has 8 heterocycles. The zero-order valence-electron chi connectivity index (χ0n) is 14.5. The molecule has 8 aliphatic heterocycles. The smallest absolute Gasteiger partial charge is 0.408 e. The van der Waals surface area contributed by atoms with Crippen molar-refractivity contribution in [1.82, 2.24) is 0 Å². The zero-order chi connectivity index (χ0) is 18.3. The van der Waals surface area contributed by atoms with Gasteiger partial charge in [-0.15, -0.1) is 4.67 Å². The molecule has 8 aliphatic rings. The maximum absolute atomic E-state index is 6.11. The Kier molecular flexibility index (Phi) is 2.79. The van der Waals surface area contributed by atoms with E-state index in [4.69, 9.17) is 45.8 Å². The van der Waals surface area contributed by atoms with Gasteiger partial charge < -0.3 is 18.5 Å². The largest absolute Gasteiger partial charge is 0.530 e. The number of benzene rings is 1. The fraction of sp³-hybridized carbons (Fsp3) is 0.571. The van der Waals surface area contributed by atoms with Crippen LogP contribution in [0.25, 0.3) is 0 Å². The molecule has 27 heavy (non-hydrogen) atoms. The summed E-state index contributed by atoms with van der Waals surface area (Å²) in [6, 6.07) is 0. The van der Waals surface area contributed by atoms with Crippen molar-refractivity contribution >= 4 is 25.8 Å². The first kappa shape index (κ1) is 16.3. The Hall–Kier alpha value is -0.530. The average molecular weight is 434 g/mol. The number of hydrogen-bond acceptors (Lipinski definition) is 10. The van der Waals surface area contributed by atoms with Crippen LogP contribution >= 0.6 is 25.8 Å². The van der Waals surface area contributed by atoms with Gasteiger partial charge in [-0.25, -0.2) is 9.05 Å². The maximum Gasteiger partial charge on any atom is 0.530 e. The van der Waals surface area contributed by atoms with E-state index in [-0.39, 0.29) is 5.41 Å². The van der Waals surface area contributed by atoms with Gasteiger partial charge in [-0.1, -0.05) is 20.8 Å². The highest BCUT2D eigenvalue weighted by Gasteiger charge is 2.79. The highest BCUT2D eigenvalue weighted by molar-refractivity contribution is 7.44. The molecule has 0 radical (unpaired) electrons. The van der Waals surface area contributed by atoms with E-state index in [2.05, 4.69) is 20.8 Å². The van der Waals surface area contributed by atoms with E-state index in [0.29, 0.717) is 28.6 Å². The molecule has 2 unspecified atom stereocenters. The first-order valence-electron chi connectivity index (χ1n) is 8.25. The van der Waals surface area contributed by atoms with E-state index < -0.39 is 43.5 Å². The standard InChI is InChI=1S/C14H13O10P3/c1-12(2,3)5-7-6-8(10-9(5)17-25(16-7)18-10)15-24-27-22-14(23-27)13(6,4)11-19-26(20-11)21-14/h11H,1-4H3. The number of fused-ring (bicyclic) bond motifs is 3. The predicted molar refractivity (Wildman–Crippen MR) is 88.8 cm³/mol. The van der Waals surface area contributed by atoms with E-state index in [1.54, 1.807) is 0 Å². The minimum absolute atomic E-state index is 0.298. The van der Waals surface area contributed by atoms with Crippen LogP contribution in [0.3, 0.4) is 0 Å². The van der Waals surface area contributed by atoms with Crippen LogP contribution in [0.15, 0.2) is 0 Å². The summed E-state index contributed by atoms with van der Waals surface area (Å²) in [5.74, 6) is 0.617. The van der Waals surface area contributed by atoms with Crippen LogP contribution in [0.2, 0.25) is 0 Å². The molecule has 4 saturated heterocycles. The van der Waals surface area contributed by atoms with E-state index >= 15 is 0 Å². The summed E-state index contributed by atoms with van der Waals surface area (Å²) in [7, 11) is -4.81. The molecule has 10 nitrogen and oxygen atoms in total. The second-order valence-corrected chi connectivity index (χ2v) is 11.0. The lowest BCUT2D eigenvalue weighted by molar-refractivity contribution is -0.431. The van der Waals surface area contributed by atoms with E-state index in [9.17, 15) is 0 Å². The Bertz CT molecular complexity index is 906. The van der Waals surface area contributed by atoms with Crippen molar-refractivity contribution in [3.05, 3.63) is 11.1 Å². The molecular weight excluding hydrogens is 421 g/mol. The summed E-state index contributed by atoms with van der Waals surface area (Å²) in [6.45, 7) is 8.08. The van der Waals surface area contributed by atoms with Gasteiger partial charge in [0.1, 0.15) is 11.2 Å². The van der Waals surface area contributed by atoms with Gasteiger partial charge in [-0.3, -0.25) is 13.6 Å². The highest BCUT2D eigenvalue weighted by Crippen LogP contribution is 2.81. The minimum Gasteiger partial charge on any atom is -0.408 e. The Balaban J connectivity index is 1.58. The average Bonchev–Trinajstić information content (AvgIpc) is 2.74. The normalized spacial score (nSPS) is 44.1. The topological polar surface area (TPSA) is 92.3 Å². The molecule has 0 saturated carbocycles. The van der Waals surface area contributed by atoms with Gasteiger partial charge in [0, 0.05) is 5.56 Å². The number of rotatable bonds is 0. The highest BCUT2D eigenvalue weighted by atomic mass is 31.2. The van der Waals surface area contributed by atoms with Gasteiger partial charge in [0.2, 0.25) is 11.5 Å². The summed E-state index contributed by atoms with van der Waals surface area (Å²) in [6.07, 6.45) is -0.645. The van der Waals surface area contributed by atoms with E-state index in [0.717, 1.165) is 5.56 Å². The summed E-state index contributed by atoms with van der Waals surface area (Å²) in [5, 5.41) is 0. The molecular formula is C14H13O10P3. The van der Waals surface area contributed by atoms with Gasteiger partial charge in [0.25, 0.3) is 0 Å². The third-order valence-electron chi connectivity index (χ3n) is 5.32. The summed E-state index contributed by atoms with van der Waals surface area (Å²) >= 11 is 0. The molecule has 4 fully saturated rings. The van der Waals surface area contributed by atoms with Crippen LogP contribution in [0.4, 0.5) is 0 Å². The van der Waals surface area contributed by atoms with Crippen LogP contribution in [-0.4, -0.2) is 12.3 Å². The van der Waals surface area contributed by atoms with E-state index in [1.807, 2.05) is 6.92 Å². The lowest BCUT2D eigenvalue weighted by Crippen LogP contribution is -2.70. The van der Waals surface area contributed by atoms with Crippen molar-refractivity contribution in [2.75, 3.05) is 0 Å². The maximum atomic E-state index is 6.11. The SMILES string of the molecule is CC(C)(C)c1c2c3c4c(c1OP(O3)O2)C1(C)C2OP(O2)OC12OP(OO4)O2. The van der Waals surface area contributed by atoms with Gasteiger partial charge >= 0.3 is 31.8 Å². The van der Waals surface area contributed by atoms with Gasteiger partial charge in [0.15, 0.2) is 12.0 Å². The lowest BCUT2D eigenvalue weighted by atomic mass is 9.74. The third-order valence-corrected chi connectivity index (χ3v) is 8.41. The number of hydrogen-bond donors (Lipinski definition) is 0. The molecule has 0 amide bonds. The summed E-state index contributed by atoms with van der Waals surface area (Å²) < 4.78 is 52.3. The summed E-state index contributed by atoms with van der Waals surface area (Å²) in [5.41, 5.74) is 0.139.